The van der Waals surface area contributed by atoms with Crippen molar-refractivity contribution in [2.75, 3.05) is 0 Å². The lowest BCUT2D eigenvalue weighted by atomic mass is 10.1. The van der Waals surface area contributed by atoms with Gasteiger partial charge in [0, 0.05) is 4.90 Å². The first-order valence-electron chi connectivity index (χ1n) is 4.12. The fraction of sp³-hybridized carbons (Fsp3) is 0.300. The van der Waals surface area contributed by atoms with Gasteiger partial charge in [0.25, 0.3) is 0 Å². The van der Waals surface area contributed by atoms with E-state index in [0.29, 0.717) is 0 Å². The van der Waals surface area contributed by atoms with E-state index in [1.54, 1.807) is 0 Å². The highest BCUT2D eigenvalue weighted by molar-refractivity contribution is 9.10. The molecule has 13 heavy (non-hydrogen) atoms. The van der Waals surface area contributed by atoms with Gasteiger partial charge in [-0.3, -0.25) is 4.79 Å². The Labute approximate surface area is 90.0 Å². The van der Waals surface area contributed by atoms with Crippen LogP contribution in [0.15, 0.2) is 23.1 Å². The molecule has 1 atom stereocenters. The van der Waals surface area contributed by atoms with Crippen LogP contribution in [0.2, 0.25) is 0 Å². The lowest BCUT2D eigenvalue weighted by molar-refractivity contribution is -0.110. The van der Waals surface area contributed by atoms with E-state index >= 15 is 0 Å². The number of rotatable bonds is 0. The molecule has 1 heterocycles. The van der Waals surface area contributed by atoms with Crippen LogP contribution < -0.4 is 0 Å². The number of hydrogen-bond acceptors (Lipinski definition) is 2. The number of halogens is 1. The largest absolute Gasteiger partial charge is 0.286 e. The smallest absolute Gasteiger partial charge is 0.207 e. The van der Waals surface area contributed by atoms with Gasteiger partial charge >= 0.3 is 0 Å². The average Bonchev–Trinajstić information content (AvgIpc) is 2.08. The average molecular weight is 257 g/mol. The normalized spacial score (nSPS) is 21.4. The van der Waals surface area contributed by atoms with E-state index < -0.39 is 0 Å². The summed E-state index contributed by atoms with van der Waals surface area (Å²) in [6, 6.07) is 6.24. The number of alkyl halides is 1. The van der Waals surface area contributed by atoms with Crippen molar-refractivity contribution in [2.24, 2.45) is 0 Å². The van der Waals surface area contributed by atoms with E-state index in [1.165, 1.54) is 22.9 Å². The van der Waals surface area contributed by atoms with Crippen LogP contribution in [0.3, 0.4) is 0 Å². The van der Waals surface area contributed by atoms with Gasteiger partial charge in [-0.2, -0.15) is 0 Å². The van der Waals surface area contributed by atoms with Crippen LogP contribution in [-0.4, -0.2) is 9.94 Å². The number of aryl methyl sites for hydroxylation is 1. The van der Waals surface area contributed by atoms with Gasteiger partial charge in [-0.1, -0.05) is 45.4 Å². The van der Waals surface area contributed by atoms with Gasteiger partial charge in [0.15, 0.2) is 0 Å². The first-order valence-corrected chi connectivity index (χ1v) is 5.85. The van der Waals surface area contributed by atoms with E-state index in [4.69, 9.17) is 0 Å². The summed E-state index contributed by atoms with van der Waals surface area (Å²) in [4.78, 5) is 12.5. The Bertz CT molecular complexity index is 362. The summed E-state index contributed by atoms with van der Waals surface area (Å²) in [5.41, 5.74) is 2.54. The second-order valence-electron chi connectivity index (χ2n) is 3.20. The zero-order valence-corrected chi connectivity index (χ0v) is 9.61. The molecule has 0 saturated heterocycles. The Hall–Kier alpha value is -0.280. The zero-order valence-electron chi connectivity index (χ0n) is 7.21. The SMILES string of the molecule is Cc1ccc2c(c1)CC(Br)C(=O)S2. The van der Waals surface area contributed by atoms with E-state index in [0.717, 1.165) is 11.3 Å². The number of thioether (sulfide) groups is 1. The van der Waals surface area contributed by atoms with Gasteiger partial charge in [-0.15, -0.1) is 0 Å². The Morgan fingerprint density at radius 1 is 1.54 bits per heavy atom. The molecule has 0 aliphatic carbocycles. The second kappa shape index (κ2) is 3.46. The highest BCUT2D eigenvalue weighted by Gasteiger charge is 2.24. The molecule has 0 spiro atoms. The molecule has 1 aromatic carbocycles. The summed E-state index contributed by atoms with van der Waals surface area (Å²) in [5, 5.41) is 0.219. The fourth-order valence-corrected chi connectivity index (χ4v) is 2.88. The first-order chi connectivity index (χ1) is 6.16. The third-order valence-corrected chi connectivity index (χ3v) is 4.23. The van der Waals surface area contributed by atoms with Gasteiger partial charge in [0.1, 0.15) is 0 Å². The van der Waals surface area contributed by atoms with Gasteiger partial charge in [0.2, 0.25) is 5.12 Å². The molecule has 2 rings (SSSR count). The Morgan fingerprint density at radius 3 is 3.08 bits per heavy atom. The molecule has 1 aliphatic heterocycles. The van der Waals surface area contributed by atoms with E-state index in [-0.39, 0.29) is 9.94 Å². The Morgan fingerprint density at radius 2 is 2.31 bits per heavy atom. The number of fused-ring (bicyclic) bond motifs is 1. The molecule has 1 nitrogen and oxygen atoms in total. The molecule has 0 radical (unpaired) electrons. The van der Waals surface area contributed by atoms with Crippen molar-refractivity contribution < 1.29 is 4.79 Å². The third-order valence-electron chi connectivity index (χ3n) is 2.08. The van der Waals surface area contributed by atoms with Crippen molar-refractivity contribution in [1.29, 1.82) is 0 Å². The van der Waals surface area contributed by atoms with Crippen molar-refractivity contribution in [2.45, 2.75) is 23.1 Å². The monoisotopic (exact) mass is 256 g/mol. The zero-order chi connectivity index (χ0) is 9.42. The summed E-state index contributed by atoms with van der Waals surface area (Å²) in [6.45, 7) is 2.07. The van der Waals surface area contributed by atoms with Crippen LogP contribution in [-0.2, 0) is 11.2 Å². The van der Waals surface area contributed by atoms with Crippen molar-refractivity contribution in [1.82, 2.24) is 0 Å². The third kappa shape index (κ3) is 1.81. The predicted octanol–water partition coefficient (Wildman–Crippen LogP) is 2.93. The Kier molecular flexibility index (Phi) is 2.47. The van der Waals surface area contributed by atoms with Crippen LogP contribution in [0.4, 0.5) is 0 Å². The van der Waals surface area contributed by atoms with Gasteiger partial charge in [-0.05, 0) is 25.0 Å². The molecule has 1 aliphatic rings. The molecule has 3 heteroatoms. The maximum atomic E-state index is 11.4. The van der Waals surface area contributed by atoms with Crippen molar-refractivity contribution in [3.8, 4) is 0 Å². The van der Waals surface area contributed by atoms with Crippen LogP contribution in [0.25, 0.3) is 0 Å². The van der Waals surface area contributed by atoms with Crippen molar-refractivity contribution in [3.63, 3.8) is 0 Å². The minimum atomic E-state index is -0.00759. The van der Waals surface area contributed by atoms with E-state index in [1.807, 2.05) is 12.1 Å². The molecule has 0 N–H and O–H groups in total. The fourth-order valence-electron chi connectivity index (χ4n) is 1.42. The molecule has 0 aromatic heterocycles. The van der Waals surface area contributed by atoms with Gasteiger partial charge in [-0.25, -0.2) is 0 Å². The van der Waals surface area contributed by atoms with Crippen LogP contribution >= 0.6 is 27.7 Å². The first kappa shape index (κ1) is 9.28. The highest BCUT2D eigenvalue weighted by atomic mass is 79.9. The molecular formula is C10H9BrOS. The van der Waals surface area contributed by atoms with Gasteiger partial charge < -0.3 is 0 Å². The lowest BCUT2D eigenvalue weighted by Gasteiger charge is -2.18. The van der Waals surface area contributed by atoms with Gasteiger partial charge in [0.05, 0.1) is 4.83 Å². The summed E-state index contributed by atoms with van der Waals surface area (Å²) >= 11 is 4.72. The molecule has 0 saturated carbocycles. The quantitative estimate of drug-likeness (QED) is 0.665. The van der Waals surface area contributed by atoms with Crippen LogP contribution in [0.5, 0.6) is 0 Å². The maximum Gasteiger partial charge on any atom is 0.207 e. The second-order valence-corrected chi connectivity index (χ2v) is 5.36. The summed E-state index contributed by atoms with van der Waals surface area (Å²) in [5.74, 6) is 0. The summed E-state index contributed by atoms with van der Waals surface area (Å²) in [6.07, 6.45) is 0.822. The summed E-state index contributed by atoms with van der Waals surface area (Å²) < 4.78 is 0. The number of carbonyl (C=O) groups excluding carboxylic acids is 1. The molecular weight excluding hydrogens is 248 g/mol. The molecule has 1 unspecified atom stereocenters. The molecule has 0 fully saturated rings. The number of benzene rings is 1. The Balaban J connectivity index is 2.42. The topological polar surface area (TPSA) is 17.1 Å². The van der Waals surface area contributed by atoms with Crippen LogP contribution in [0.1, 0.15) is 11.1 Å². The predicted molar refractivity (Wildman–Crippen MR) is 58.5 cm³/mol. The van der Waals surface area contributed by atoms with Crippen molar-refractivity contribution >= 4 is 32.8 Å². The lowest BCUT2D eigenvalue weighted by Crippen LogP contribution is -2.18. The molecule has 0 bridgehead atoms. The molecule has 0 amide bonds. The minimum Gasteiger partial charge on any atom is -0.286 e. The number of carbonyl (C=O) groups is 1. The summed E-state index contributed by atoms with van der Waals surface area (Å²) in [7, 11) is 0. The maximum absolute atomic E-state index is 11.4. The highest BCUT2D eigenvalue weighted by Crippen LogP contribution is 2.34. The van der Waals surface area contributed by atoms with Crippen molar-refractivity contribution in [3.05, 3.63) is 29.3 Å². The molecule has 68 valence electrons. The van der Waals surface area contributed by atoms with E-state index in [9.17, 15) is 4.79 Å². The standard InChI is InChI=1S/C10H9BrOS/c1-6-2-3-9-7(4-6)5-8(11)10(12)13-9/h2-4,8H,5H2,1H3. The van der Waals surface area contributed by atoms with E-state index in [2.05, 4.69) is 28.9 Å². The number of hydrogen-bond donors (Lipinski definition) is 0. The van der Waals surface area contributed by atoms with Crippen LogP contribution in [0, 0.1) is 6.92 Å². The molecule has 1 aromatic rings. The minimum absolute atomic E-state index is 0.00759.